The maximum absolute atomic E-state index is 11.2. The lowest BCUT2D eigenvalue weighted by molar-refractivity contribution is 0.0282. The van der Waals surface area contributed by atoms with Crippen molar-refractivity contribution in [2.24, 2.45) is 0 Å². The van der Waals surface area contributed by atoms with Crippen LogP contribution in [0.5, 0.6) is 0 Å². The van der Waals surface area contributed by atoms with E-state index in [-0.39, 0.29) is 12.0 Å². The van der Waals surface area contributed by atoms with Gasteiger partial charge in [-0.2, -0.15) is 5.10 Å². The number of carbonyl (C=O) groups is 1. The maximum Gasteiger partial charge on any atom is 0.407 e. The molecule has 0 saturated carbocycles. The quantitative estimate of drug-likeness (QED) is 0.700. The van der Waals surface area contributed by atoms with Crippen LogP contribution in [0.4, 0.5) is 4.79 Å². The fraction of sp³-hybridized carbons (Fsp3) is 0.500. The Morgan fingerprint density at radius 2 is 2.00 bits per heavy atom. The first-order chi connectivity index (χ1) is 13.4. The van der Waals surface area contributed by atoms with Crippen molar-refractivity contribution < 1.29 is 14.6 Å². The summed E-state index contributed by atoms with van der Waals surface area (Å²) in [4.78, 5) is 12.6. The van der Waals surface area contributed by atoms with Gasteiger partial charge >= 0.3 is 6.09 Å². The summed E-state index contributed by atoms with van der Waals surface area (Å²) in [6.07, 6.45) is 3.29. The first-order valence-corrected chi connectivity index (χ1v) is 10.2. The molecule has 1 aliphatic heterocycles. The van der Waals surface area contributed by atoms with Crippen LogP contribution >= 0.6 is 23.2 Å². The van der Waals surface area contributed by atoms with E-state index >= 15 is 0 Å². The lowest BCUT2D eigenvalue weighted by atomic mass is 10.0. The fourth-order valence-corrected chi connectivity index (χ4v) is 4.08. The van der Waals surface area contributed by atoms with Gasteiger partial charge in [-0.1, -0.05) is 43.1 Å². The minimum atomic E-state index is -0.866. The number of ether oxygens (including phenoxy) is 1. The number of hydrogen-bond donors (Lipinski definition) is 1. The van der Waals surface area contributed by atoms with Crippen LogP contribution in [0, 0.1) is 0 Å². The van der Waals surface area contributed by atoms with E-state index in [2.05, 4.69) is 18.9 Å². The first kappa shape index (κ1) is 21.0. The van der Waals surface area contributed by atoms with Crippen molar-refractivity contribution in [2.75, 3.05) is 13.1 Å². The van der Waals surface area contributed by atoms with Crippen molar-refractivity contribution in [2.45, 2.75) is 51.7 Å². The van der Waals surface area contributed by atoms with Crippen LogP contribution in [0.2, 0.25) is 10.0 Å². The zero-order valence-electron chi connectivity index (χ0n) is 16.1. The van der Waals surface area contributed by atoms with Gasteiger partial charge in [0.1, 0.15) is 5.69 Å². The average molecular weight is 426 g/mol. The van der Waals surface area contributed by atoms with Crippen LogP contribution in [-0.4, -0.2) is 45.1 Å². The van der Waals surface area contributed by atoms with Crippen molar-refractivity contribution in [1.82, 2.24) is 14.7 Å². The molecule has 0 bridgehead atoms. The Balaban J connectivity index is 1.81. The third kappa shape index (κ3) is 4.62. The van der Waals surface area contributed by atoms with Gasteiger partial charge in [-0.3, -0.25) is 0 Å². The molecule has 1 atom stereocenters. The average Bonchev–Trinajstić information content (AvgIpc) is 2.89. The van der Waals surface area contributed by atoms with E-state index in [4.69, 9.17) is 27.9 Å². The highest BCUT2D eigenvalue weighted by molar-refractivity contribution is 6.37. The predicted molar refractivity (Wildman–Crippen MR) is 110 cm³/mol. The number of nitrogens with zero attached hydrogens (tertiary/aromatic N) is 3. The summed E-state index contributed by atoms with van der Waals surface area (Å²) >= 11 is 12.8. The third-order valence-electron chi connectivity index (χ3n) is 5.07. The molecule has 1 N–H and O–H groups in total. The highest BCUT2D eigenvalue weighted by Crippen LogP contribution is 2.32. The first-order valence-electron chi connectivity index (χ1n) is 9.49. The summed E-state index contributed by atoms with van der Waals surface area (Å²) in [7, 11) is 0. The second-order valence-corrected chi connectivity index (χ2v) is 8.13. The van der Waals surface area contributed by atoms with Crippen molar-refractivity contribution >= 4 is 29.3 Å². The number of halogens is 2. The van der Waals surface area contributed by atoms with Gasteiger partial charge in [0.15, 0.2) is 0 Å². The zero-order chi connectivity index (χ0) is 20.3. The molecule has 8 heteroatoms. The Kier molecular flexibility index (Phi) is 6.86. The van der Waals surface area contributed by atoms with Crippen LogP contribution in [0.1, 0.15) is 50.3 Å². The van der Waals surface area contributed by atoms with Gasteiger partial charge in [0.2, 0.25) is 0 Å². The molecule has 0 radical (unpaired) electrons. The van der Waals surface area contributed by atoms with E-state index in [1.54, 1.807) is 22.9 Å². The molecule has 1 amide bonds. The molecule has 152 valence electrons. The standard InChI is InChI=1S/C20H25Cl2N3O3/c1-13(2)15-11-23-25(19-16(21)6-3-7-17(19)22)18(15)12-28-14-5-4-9-24(10-8-14)20(26)27/h3,6-7,11,13-14H,4-5,8-10,12H2,1-2H3,(H,26,27). The molecule has 28 heavy (non-hydrogen) atoms. The SMILES string of the molecule is CC(C)c1cnn(-c2c(Cl)cccc2Cl)c1COC1CCCN(C(=O)O)CC1. The molecule has 1 aromatic carbocycles. The summed E-state index contributed by atoms with van der Waals surface area (Å²) in [5, 5.41) is 14.8. The zero-order valence-corrected chi connectivity index (χ0v) is 17.6. The molecular weight excluding hydrogens is 401 g/mol. The van der Waals surface area contributed by atoms with Gasteiger partial charge in [0, 0.05) is 13.1 Å². The number of hydrogen-bond acceptors (Lipinski definition) is 3. The van der Waals surface area contributed by atoms with Gasteiger partial charge in [0.25, 0.3) is 0 Å². The molecule has 2 heterocycles. The Morgan fingerprint density at radius 3 is 2.64 bits per heavy atom. The summed E-state index contributed by atoms with van der Waals surface area (Å²) < 4.78 is 7.97. The van der Waals surface area contributed by atoms with Gasteiger partial charge < -0.3 is 14.7 Å². The number of rotatable bonds is 5. The molecule has 3 rings (SSSR count). The lowest BCUT2D eigenvalue weighted by Gasteiger charge is -2.19. The van der Waals surface area contributed by atoms with E-state index in [9.17, 15) is 9.90 Å². The number of benzene rings is 1. The number of aromatic nitrogens is 2. The van der Waals surface area contributed by atoms with Crippen molar-refractivity contribution in [1.29, 1.82) is 0 Å². The minimum Gasteiger partial charge on any atom is -0.465 e. The van der Waals surface area contributed by atoms with E-state index in [1.165, 1.54) is 4.90 Å². The monoisotopic (exact) mass is 425 g/mol. The highest BCUT2D eigenvalue weighted by Gasteiger charge is 2.23. The molecule has 1 aliphatic rings. The summed E-state index contributed by atoms with van der Waals surface area (Å²) in [6, 6.07) is 5.38. The van der Waals surface area contributed by atoms with E-state index < -0.39 is 6.09 Å². The normalized spacial score (nSPS) is 17.8. The molecule has 1 unspecified atom stereocenters. The Labute approximate surface area is 175 Å². The minimum absolute atomic E-state index is 0.00873. The van der Waals surface area contributed by atoms with Crippen molar-refractivity contribution in [3.8, 4) is 5.69 Å². The molecule has 2 aromatic rings. The van der Waals surface area contributed by atoms with Crippen LogP contribution in [0.3, 0.4) is 0 Å². The summed E-state index contributed by atoms with van der Waals surface area (Å²) in [6.45, 7) is 5.63. The predicted octanol–water partition coefficient (Wildman–Crippen LogP) is 5.35. The molecule has 0 spiro atoms. The van der Waals surface area contributed by atoms with E-state index in [0.29, 0.717) is 41.8 Å². The fourth-order valence-electron chi connectivity index (χ4n) is 3.52. The molecule has 0 aliphatic carbocycles. The lowest BCUT2D eigenvalue weighted by Crippen LogP contribution is -2.30. The summed E-state index contributed by atoms with van der Waals surface area (Å²) in [5.74, 6) is 0.269. The van der Waals surface area contributed by atoms with Gasteiger partial charge in [-0.15, -0.1) is 0 Å². The second kappa shape index (κ2) is 9.16. The van der Waals surface area contributed by atoms with Crippen LogP contribution in [0.25, 0.3) is 5.69 Å². The van der Waals surface area contributed by atoms with Gasteiger partial charge in [0.05, 0.1) is 34.6 Å². The molecule has 1 fully saturated rings. The smallest absolute Gasteiger partial charge is 0.407 e. The van der Waals surface area contributed by atoms with Gasteiger partial charge in [-0.05, 0) is 42.9 Å². The van der Waals surface area contributed by atoms with Crippen LogP contribution in [-0.2, 0) is 11.3 Å². The second-order valence-electron chi connectivity index (χ2n) is 7.32. The van der Waals surface area contributed by atoms with Crippen LogP contribution in [0.15, 0.2) is 24.4 Å². The number of likely N-dealkylation sites (tertiary alicyclic amines) is 1. The number of para-hydroxylation sites is 1. The van der Waals surface area contributed by atoms with Gasteiger partial charge in [-0.25, -0.2) is 9.48 Å². The number of carboxylic acid groups (broad SMARTS) is 1. The maximum atomic E-state index is 11.2. The third-order valence-corrected chi connectivity index (χ3v) is 5.68. The van der Waals surface area contributed by atoms with E-state index in [1.807, 2.05) is 6.20 Å². The van der Waals surface area contributed by atoms with Crippen molar-refractivity contribution in [3.05, 3.63) is 45.7 Å². The topological polar surface area (TPSA) is 67.6 Å². The Morgan fingerprint density at radius 1 is 1.29 bits per heavy atom. The van der Waals surface area contributed by atoms with E-state index in [0.717, 1.165) is 24.1 Å². The Bertz CT molecular complexity index is 818. The largest absolute Gasteiger partial charge is 0.465 e. The molecule has 1 saturated heterocycles. The van der Waals surface area contributed by atoms with Crippen LogP contribution < -0.4 is 0 Å². The molecular formula is C20H25Cl2N3O3. The number of amides is 1. The summed E-state index contributed by atoms with van der Waals surface area (Å²) in [5.41, 5.74) is 2.65. The molecule has 6 nitrogen and oxygen atoms in total. The molecule has 1 aromatic heterocycles. The highest BCUT2D eigenvalue weighted by atomic mass is 35.5. The van der Waals surface area contributed by atoms with Crippen molar-refractivity contribution in [3.63, 3.8) is 0 Å². The Hall–Kier alpha value is -1.76.